The van der Waals surface area contributed by atoms with Gasteiger partial charge in [0, 0.05) is 22.3 Å². The number of rotatable bonds is 6. The minimum Gasteiger partial charge on any atom is -0.497 e. The van der Waals surface area contributed by atoms with Crippen molar-refractivity contribution in [3.8, 4) is 17.4 Å². The fourth-order valence-electron chi connectivity index (χ4n) is 2.43. The summed E-state index contributed by atoms with van der Waals surface area (Å²) in [6.45, 7) is 6.36. The third-order valence-corrected chi connectivity index (χ3v) is 5.31. The van der Waals surface area contributed by atoms with Crippen LogP contribution in [-0.2, 0) is 11.2 Å². The molecule has 0 radical (unpaired) electrons. The standard InChI is InChI=1S/C22H23ClN2O2S/c1-22(2,3)19-13-20(27-17-11-9-16(26-4)10-12-17)25-21(24-19)28-14-15-7-5-6-8-18(15)23/h5-13H,14H2,1-4H3. The Kier molecular flexibility index (Phi) is 6.47. The summed E-state index contributed by atoms with van der Waals surface area (Å²) in [6, 6.07) is 17.1. The molecule has 6 heteroatoms. The zero-order valence-corrected chi connectivity index (χ0v) is 18.0. The molecule has 0 fully saturated rings. The quantitative estimate of drug-likeness (QED) is 0.339. The Morgan fingerprint density at radius 2 is 1.64 bits per heavy atom. The summed E-state index contributed by atoms with van der Waals surface area (Å²) in [4.78, 5) is 9.31. The minimum atomic E-state index is -0.124. The number of ether oxygens (including phenoxy) is 2. The Hall–Kier alpha value is -2.24. The highest BCUT2D eigenvalue weighted by Gasteiger charge is 2.19. The number of thioether (sulfide) groups is 1. The van der Waals surface area contributed by atoms with Gasteiger partial charge in [-0.25, -0.2) is 4.98 Å². The number of aromatic nitrogens is 2. The Morgan fingerprint density at radius 3 is 2.29 bits per heavy atom. The van der Waals surface area contributed by atoms with Gasteiger partial charge in [-0.1, -0.05) is 62.3 Å². The fourth-order valence-corrected chi connectivity index (χ4v) is 3.56. The first-order chi connectivity index (χ1) is 13.3. The van der Waals surface area contributed by atoms with Crippen molar-refractivity contribution >= 4 is 23.4 Å². The Morgan fingerprint density at radius 1 is 0.964 bits per heavy atom. The maximum atomic E-state index is 6.27. The van der Waals surface area contributed by atoms with Crippen LogP contribution >= 0.6 is 23.4 Å². The maximum absolute atomic E-state index is 6.27. The Bertz CT molecular complexity index is 940. The van der Waals surface area contributed by atoms with Crippen LogP contribution < -0.4 is 9.47 Å². The molecule has 1 aromatic heterocycles. The first kappa shape index (κ1) is 20.5. The van der Waals surface area contributed by atoms with Crippen LogP contribution in [0.1, 0.15) is 32.0 Å². The van der Waals surface area contributed by atoms with Gasteiger partial charge in [-0.05, 0) is 35.9 Å². The second-order valence-corrected chi connectivity index (χ2v) is 8.63. The van der Waals surface area contributed by atoms with Gasteiger partial charge in [0.25, 0.3) is 0 Å². The maximum Gasteiger partial charge on any atom is 0.223 e. The van der Waals surface area contributed by atoms with E-state index in [-0.39, 0.29) is 5.41 Å². The topological polar surface area (TPSA) is 44.2 Å². The van der Waals surface area contributed by atoms with E-state index in [0.29, 0.717) is 22.5 Å². The lowest BCUT2D eigenvalue weighted by molar-refractivity contribution is 0.411. The fraction of sp³-hybridized carbons (Fsp3) is 0.273. The summed E-state index contributed by atoms with van der Waals surface area (Å²) >= 11 is 7.81. The molecule has 0 bridgehead atoms. The van der Waals surface area contributed by atoms with Gasteiger partial charge in [-0.2, -0.15) is 4.98 Å². The number of halogens is 1. The Labute approximate surface area is 175 Å². The summed E-state index contributed by atoms with van der Waals surface area (Å²) in [7, 11) is 1.64. The zero-order valence-electron chi connectivity index (χ0n) is 16.4. The number of hydrogen-bond donors (Lipinski definition) is 0. The van der Waals surface area contributed by atoms with Crippen LogP contribution in [0.5, 0.6) is 17.4 Å². The SMILES string of the molecule is COc1ccc(Oc2cc(C(C)(C)C)nc(SCc3ccccc3Cl)n2)cc1. The van der Waals surface area contributed by atoms with E-state index in [9.17, 15) is 0 Å². The van der Waals surface area contributed by atoms with Crippen LogP contribution in [0.3, 0.4) is 0 Å². The molecule has 0 unspecified atom stereocenters. The molecular weight excluding hydrogens is 392 g/mol. The average molecular weight is 415 g/mol. The predicted molar refractivity (Wildman–Crippen MR) is 115 cm³/mol. The Balaban J connectivity index is 1.85. The molecule has 146 valence electrons. The van der Waals surface area contributed by atoms with Gasteiger partial charge in [0.15, 0.2) is 5.16 Å². The van der Waals surface area contributed by atoms with Gasteiger partial charge in [-0.3, -0.25) is 0 Å². The van der Waals surface area contributed by atoms with Crippen molar-refractivity contribution in [2.24, 2.45) is 0 Å². The van der Waals surface area contributed by atoms with Gasteiger partial charge in [0.1, 0.15) is 11.5 Å². The zero-order chi connectivity index (χ0) is 20.1. The molecule has 0 aliphatic rings. The van der Waals surface area contributed by atoms with E-state index in [1.165, 1.54) is 0 Å². The second kappa shape index (κ2) is 8.84. The number of benzene rings is 2. The van der Waals surface area contributed by atoms with E-state index in [1.54, 1.807) is 18.9 Å². The molecule has 0 saturated carbocycles. The van der Waals surface area contributed by atoms with Crippen LogP contribution in [0.25, 0.3) is 0 Å². The summed E-state index contributed by atoms with van der Waals surface area (Å²) in [5, 5.41) is 1.41. The normalized spacial score (nSPS) is 11.3. The number of nitrogens with zero attached hydrogens (tertiary/aromatic N) is 2. The molecule has 3 aromatic rings. The molecule has 2 aromatic carbocycles. The van der Waals surface area contributed by atoms with Gasteiger partial charge < -0.3 is 9.47 Å². The highest BCUT2D eigenvalue weighted by Crippen LogP contribution is 2.31. The molecule has 28 heavy (non-hydrogen) atoms. The van der Waals surface area contributed by atoms with Gasteiger partial charge in [0.05, 0.1) is 12.8 Å². The van der Waals surface area contributed by atoms with Crippen molar-refractivity contribution in [1.29, 1.82) is 0 Å². The third-order valence-electron chi connectivity index (χ3n) is 4.05. The minimum absolute atomic E-state index is 0.124. The van der Waals surface area contributed by atoms with Crippen molar-refractivity contribution < 1.29 is 9.47 Å². The van der Waals surface area contributed by atoms with Crippen molar-refractivity contribution in [1.82, 2.24) is 9.97 Å². The van der Waals surface area contributed by atoms with E-state index in [1.807, 2.05) is 54.6 Å². The second-order valence-electron chi connectivity index (χ2n) is 7.28. The van der Waals surface area contributed by atoms with Crippen molar-refractivity contribution in [2.75, 3.05) is 7.11 Å². The molecule has 0 atom stereocenters. The largest absolute Gasteiger partial charge is 0.497 e. The molecule has 3 rings (SSSR count). The molecule has 0 N–H and O–H groups in total. The average Bonchev–Trinajstić information content (AvgIpc) is 2.67. The van der Waals surface area contributed by atoms with Crippen molar-refractivity contribution in [3.63, 3.8) is 0 Å². The number of methoxy groups -OCH3 is 1. The summed E-state index contributed by atoms with van der Waals surface area (Å²) in [5.41, 5.74) is 1.85. The van der Waals surface area contributed by atoms with E-state index in [2.05, 4.69) is 25.8 Å². The molecule has 0 aliphatic heterocycles. The van der Waals surface area contributed by atoms with Crippen LogP contribution in [0.2, 0.25) is 5.02 Å². The molecule has 0 aliphatic carbocycles. The number of hydrogen-bond acceptors (Lipinski definition) is 5. The first-order valence-electron chi connectivity index (χ1n) is 8.93. The van der Waals surface area contributed by atoms with Gasteiger partial charge in [0.2, 0.25) is 5.88 Å². The first-order valence-corrected chi connectivity index (χ1v) is 10.3. The highest BCUT2D eigenvalue weighted by atomic mass is 35.5. The smallest absolute Gasteiger partial charge is 0.223 e. The van der Waals surface area contributed by atoms with Gasteiger partial charge >= 0.3 is 0 Å². The molecule has 1 heterocycles. The lowest BCUT2D eigenvalue weighted by Crippen LogP contribution is -2.14. The lowest BCUT2D eigenvalue weighted by Gasteiger charge is -2.19. The van der Waals surface area contributed by atoms with Crippen molar-refractivity contribution in [3.05, 3.63) is 70.9 Å². The van der Waals surface area contributed by atoms with Crippen LogP contribution in [0.4, 0.5) is 0 Å². The van der Waals surface area contributed by atoms with Crippen LogP contribution in [-0.4, -0.2) is 17.1 Å². The molecule has 0 spiro atoms. The summed E-state index contributed by atoms with van der Waals surface area (Å²) < 4.78 is 11.2. The molecule has 0 saturated heterocycles. The van der Waals surface area contributed by atoms with E-state index >= 15 is 0 Å². The van der Waals surface area contributed by atoms with Gasteiger partial charge in [-0.15, -0.1) is 0 Å². The lowest BCUT2D eigenvalue weighted by atomic mass is 9.92. The monoisotopic (exact) mass is 414 g/mol. The third kappa shape index (κ3) is 5.40. The van der Waals surface area contributed by atoms with E-state index in [4.69, 9.17) is 26.1 Å². The van der Waals surface area contributed by atoms with E-state index in [0.717, 1.165) is 22.0 Å². The van der Waals surface area contributed by atoms with Crippen LogP contribution in [0.15, 0.2) is 59.8 Å². The summed E-state index contributed by atoms with van der Waals surface area (Å²) in [5.74, 6) is 2.68. The summed E-state index contributed by atoms with van der Waals surface area (Å²) in [6.07, 6.45) is 0. The van der Waals surface area contributed by atoms with Crippen LogP contribution in [0, 0.1) is 0 Å². The van der Waals surface area contributed by atoms with E-state index < -0.39 is 0 Å². The molecular formula is C22H23ClN2O2S. The van der Waals surface area contributed by atoms with Crippen molar-refractivity contribution in [2.45, 2.75) is 37.1 Å². The molecule has 4 nitrogen and oxygen atoms in total. The molecule has 0 amide bonds. The predicted octanol–water partition coefficient (Wildman–Crippen LogP) is 6.52. The highest BCUT2D eigenvalue weighted by molar-refractivity contribution is 7.98.